The van der Waals surface area contributed by atoms with Gasteiger partial charge in [0, 0.05) is 0 Å². The first-order valence-electron chi connectivity index (χ1n) is 2.64. The first-order chi connectivity index (χ1) is 2.81. The van der Waals surface area contributed by atoms with E-state index in [-0.39, 0.29) is 12.4 Å². The summed E-state index contributed by atoms with van der Waals surface area (Å²) in [5, 5.41) is 0. The maximum absolute atomic E-state index is 2.24. The van der Waals surface area contributed by atoms with Gasteiger partial charge in [-0.3, -0.25) is 0 Å². The molecule has 40 valence electrons. The van der Waals surface area contributed by atoms with Gasteiger partial charge in [-0.25, -0.2) is 0 Å². The van der Waals surface area contributed by atoms with E-state index in [4.69, 9.17) is 0 Å². The average molecular weight is 131 g/mol. The Bertz CT molecular complexity index is 27.3. The van der Waals surface area contributed by atoms with Gasteiger partial charge in [0.05, 0.1) is 0 Å². The van der Waals surface area contributed by atoms with Crippen LogP contribution in [-0.2, 0) is 0 Å². The number of hydrogen-bond acceptors (Lipinski definition) is 0. The minimum absolute atomic E-state index is 0. The van der Waals surface area contributed by atoms with Gasteiger partial charge in [-0.05, 0) is 0 Å². The van der Waals surface area contributed by atoms with Crippen molar-refractivity contribution in [3.8, 4) is 0 Å². The van der Waals surface area contributed by atoms with Gasteiger partial charge in [-0.15, -0.1) is 0 Å². The summed E-state index contributed by atoms with van der Waals surface area (Å²) in [4.78, 5) is 0. The molecule has 0 aromatic heterocycles. The van der Waals surface area contributed by atoms with Gasteiger partial charge in [-0.1, -0.05) is 0 Å². The van der Waals surface area contributed by atoms with Crippen molar-refractivity contribution in [3.05, 3.63) is 0 Å². The van der Waals surface area contributed by atoms with Gasteiger partial charge < -0.3 is 12.4 Å². The van der Waals surface area contributed by atoms with Crippen molar-refractivity contribution in [1.29, 1.82) is 0 Å². The summed E-state index contributed by atoms with van der Waals surface area (Å²) >= 11 is 2.10. The Kier molecular flexibility index (Phi) is 11.0. The molecule has 0 heterocycles. The third-order valence-electron chi connectivity index (χ3n) is 1.15. The Hall–Kier alpha value is 1.06. The van der Waals surface area contributed by atoms with Crippen LogP contribution in [-0.4, -0.2) is 21.7 Å². The van der Waals surface area contributed by atoms with Gasteiger partial charge in [-0.2, -0.15) is 0 Å². The van der Waals surface area contributed by atoms with Crippen molar-refractivity contribution < 1.29 is 12.4 Å². The van der Waals surface area contributed by atoms with Crippen molar-refractivity contribution in [2.45, 2.75) is 30.7 Å². The maximum Gasteiger partial charge on any atom is -1.00 e. The van der Waals surface area contributed by atoms with E-state index in [0.29, 0.717) is 0 Å². The van der Waals surface area contributed by atoms with Crippen molar-refractivity contribution in [1.82, 2.24) is 0 Å². The van der Waals surface area contributed by atoms with Crippen LogP contribution in [0.25, 0.3) is 0 Å². The minimum Gasteiger partial charge on any atom is -1.00 e. The van der Waals surface area contributed by atoms with E-state index < -0.39 is 0 Å². The summed E-state index contributed by atoms with van der Waals surface area (Å²) in [6, 6.07) is 0. The average Bonchev–Trinajstić information content (AvgIpc) is 1.65. The molecule has 0 saturated heterocycles. The first-order valence-corrected chi connectivity index (χ1v) is 3.46. The predicted octanol–water partition coefficient (Wildman–Crippen LogP) is -1.23. The van der Waals surface area contributed by atoms with Crippen molar-refractivity contribution >= 4 is 21.7 Å². The predicted molar refractivity (Wildman–Crippen MR) is 30.1 cm³/mol. The molecule has 0 spiro atoms. The second kappa shape index (κ2) is 7.06. The molecule has 0 nitrogen and oxygen atoms in total. The van der Waals surface area contributed by atoms with E-state index in [2.05, 4.69) is 35.6 Å². The Morgan fingerprint density at radius 1 is 1.29 bits per heavy atom. The topological polar surface area (TPSA) is 0 Å². The van der Waals surface area contributed by atoms with Gasteiger partial charge in [0.2, 0.25) is 0 Å². The molecular formula is C5H11ClMg. The van der Waals surface area contributed by atoms with Crippen molar-refractivity contribution in [2.24, 2.45) is 0 Å². The zero-order valence-electron chi connectivity index (χ0n) is 5.08. The maximum atomic E-state index is 2.24. The molecule has 0 amide bonds. The van der Waals surface area contributed by atoms with Crippen molar-refractivity contribution in [3.63, 3.8) is 0 Å². The van der Waals surface area contributed by atoms with Gasteiger partial charge >= 0.3 is 52.4 Å². The van der Waals surface area contributed by atoms with Crippen LogP contribution in [0.5, 0.6) is 0 Å². The molecule has 0 aromatic carbocycles. The monoisotopic (exact) mass is 130 g/mol. The molecule has 0 rings (SSSR count). The van der Waals surface area contributed by atoms with Crippen LogP contribution >= 0.6 is 0 Å². The molecule has 0 aliphatic heterocycles. The zero-order chi connectivity index (χ0) is 4.99. The molecule has 0 N–H and O–H groups in total. The molecule has 0 fully saturated rings. The summed E-state index contributed by atoms with van der Waals surface area (Å²) in [5.74, 6) is 0. The van der Waals surface area contributed by atoms with Gasteiger partial charge in [0.1, 0.15) is 0 Å². The largest absolute Gasteiger partial charge is 1.00 e. The normalized spacial score (nSPS) is 8.71. The molecular weight excluding hydrogens is 120 g/mol. The molecule has 0 aliphatic rings. The van der Waals surface area contributed by atoms with Crippen molar-refractivity contribution in [2.75, 3.05) is 0 Å². The molecule has 0 radical (unpaired) electrons. The molecule has 2 heteroatoms. The van der Waals surface area contributed by atoms with Crippen LogP contribution < -0.4 is 12.4 Å². The van der Waals surface area contributed by atoms with E-state index >= 15 is 0 Å². The number of halogens is 1. The van der Waals surface area contributed by atoms with Crippen LogP contribution in [0.4, 0.5) is 0 Å². The van der Waals surface area contributed by atoms with Crippen LogP contribution in [0, 0.1) is 0 Å². The van der Waals surface area contributed by atoms with Crippen LogP contribution in [0.2, 0.25) is 4.05 Å². The van der Waals surface area contributed by atoms with E-state index in [0.717, 1.165) is 4.05 Å². The fraction of sp³-hybridized carbons (Fsp3) is 1.00. The third-order valence-corrected chi connectivity index (χ3v) is 2.31. The second-order valence-electron chi connectivity index (χ2n) is 1.68. The van der Waals surface area contributed by atoms with Crippen LogP contribution in [0.3, 0.4) is 0 Å². The standard InChI is InChI=1S/C5H11.ClH.Mg/c1-3-5-4-2;;/h5H,3-4H2,1-2H3;1H;/q;;+1/p-1. The van der Waals surface area contributed by atoms with E-state index in [1.807, 2.05) is 0 Å². The third kappa shape index (κ3) is 7.06. The Morgan fingerprint density at radius 2 is 1.57 bits per heavy atom. The molecule has 0 atom stereocenters. The molecule has 0 aromatic rings. The summed E-state index contributed by atoms with van der Waals surface area (Å²) in [6.45, 7) is 4.47. The van der Waals surface area contributed by atoms with E-state index in [9.17, 15) is 0 Å². The number of rotatable bonds is 2. The van der Waals surface area contributed by atoms with Crippen LogP contribution in [0.1, 0.15) is 26.7 Å². The molecule has 0 unspecified atom stereocenters. The zero-order valence-corrected chi connectivity index (χ0v) is 7.25. The quantitative estimate of drug-likeness (QED) is 0.411. The number of hydrogen-bond donors (Lipinski definition) is 0. The van der Waals surface area contributed by atoms with E-state index in [1.54, 1.807) is 0 Å². The van der Waals surface area contributed by atoms with Gasteiger partial charge in [0.25, 0.3) is 0 Å². The smallest absolute Gasteiger partial charge is 1.00 e. The fourth-order valence-corrected chi connectivity index (χ4v) is 0.289. The molecule has 0 saturated carbocycles. The summed E-state index contributed by atoms with van der Waals surface area (Å²) < 4.78 is 0.963. The summed E-state index contributed by atoms with van der Waals surface area (Å²) in [5.41, 5.74) is 0. The summed E-state index contributed by atoms with van der Waals surface area (Å²) in [7, 11) is 0. The van der Waals surface area contributed by atoms with Crippen LogP contribution in [0.15, 0.2) is 0 Å². The Balaban J connectivity index is 0. The Labute approximate surface area is 64.9 Å². The minimum atomic E-state index is 0. The SMILES string of the molecule is CC[CH]([Mg+])CC.[Cl-]. The molecule has 0 aliphatic carbocycles. The summed E-state index contributed by atoms with van der Waals surface area (Å²) in [6.07, 6.45) is 2.68. The Morgan fingerprint density at radius 3 is 1.57 bits per heavy atom. The molecule has 7 heavy (non-hydrogen) atoms. The first kappa shape index (κ1) is 10.9. The molecule has 0 bridgehead atoms. The second-order valence-corrected chi connectivity index (χ2v) is 2.84. The fourth-order valence-electron chi connectivity index (χ4n) is 0.289. The van der Waals surface area contributed by atoms with Gasteiger partial charge in [0.15, 0.2) is 0 Å². The van der Waals surface area contributed by atoms with E-state index in [1.165, 1.54) is 12.8 Å².